The van der Waals surface area contributed by atoms with Crippen LogP contribution in [0.1, 0.15) is 0 Å². The summed E-state index contributed by atoms with van der Waals surface area (Å²) in [7, 11) is -4.39. The van der Waals surface area contributed by atoms with E-state index in [1.807, 2.05) is 5.32 Å². The number of carbonyl (C=O) groups excluding carboxylic acids is 2. The molecular formula is C20H15ClN4O6S. The largest absolute Gasteiger partial charge is 0.344 e. The maximum absolute atomic E-state index is 13.1. The predicted molar refractivity (Wildman–Crippen MR) is 118 cm³/mol. The number of nitrogens with zero attached hydrogens (tertiary/aromatic N) is 2. The molecule has 3 aromatic rings. The summed E-state index contributed by atoms with van der Waals surface area (Å²) in [6, 6.07) is 15.2. The Hall–Kier alpha value is -3.96. The fraction of sp³-hybridized carbons (Fsp3) is 0. The van der Waals surface area contributed by atoms with Gasteiger partial charge in [-0.1, -0.05) is 35.9 Å². The van der Waals surface area contributed by atoms with Crippen molar-refractivity contribution in [1.82, 2.24) is 5.32 Å². The lowest BCUT2D eigenvalue weighted by molar-refractivity contribution is -0.384. The summed E-state index contributed by atoms with van der Waals surface area (Å²) < 4.78 is 26.7. The third-order valence-corrected chi connectivity index (χ3v) is 6.04. The van der Waals surface area contributed by atoms with Crippen LogP contribution < -0.4 is 14.9 Å². The summed E-state index contributed by atoms with van der Waals surface area (Å²) in [4.78, 5) is 35.2. The van der Waals surface area contributed by atoms with Gasteiger partial charge in [0.15, 0.2) is 0 Å². The molecule has 12 heteroatoms. The van der Waals surface area contributed by atoms with Crippen LogP contribution in [0.3, 0.4) is 0 Å². The number of non-ortho nitro benzene ring substituents is 1. The predicted octanol–water partition coefficient (Wildman–Crippen LogP) is 4.39. The van der Waals surface area contributed by atoms with Gasteiger partial charge in [0.25, 0.3) is 15.7 Å². The molecule has 0 heterocycles. The Balaban J connectivity index is 1.89. The van der Waals surface area contributed by atoms with Crippen molar-refractivity contribution in [3.05, 3.63) is 94.0 Å². The van der Waals surface area contributed by atoms with Crippen LogP contribution in [0.15, 0.2) is 83.8 Å². The quantitative estimate of drug-likeness (QED) is 0.415. The number of rotatable bonds is 5. The van der Waals surface area contributed by atoms with Crippen LogP contribution >= 0.6 is 11.6 Å². The number of imide groups is 1. The van der Waals surface area contributed by atoms with Crippen molar-refractivity contribution in [3.63, 3.8) is 0 Å². The highest BCUT2D eigenvalue weighted by Gasteiger charge is 2.32. The number of hydrogen-bond acceptors (Lipinski definition) is 6. The van der Waals surface area contributed by atoms with E-state index < -0.39 is 27.0 Å². The van der Waals surface area contributed by atoms with E-state index >= 15 is 0 Å². The third-order valence-electron chi connectivity index (χ3n) is 4.06. The molecule has 0 spiro atoms. The van der Waals surface area contributed by atoms with E-state index in [9.17, 15) is 28.1 Å². The molecule has 0 saturated heterocycles. The van der Waals surface area contributed by atoms with Gasteiger partial charge in [0.05, 0.1) is 15.5 Å². The van der Waals surface area contributed by atoms with Gasteiger partial charge in [0.1, 0.15) is 0 Å². The van der Waals surface area contributed by atoms with E-state index in [2.05, 4.69) is 5.32 Å². The number of hydrogen-bond donors (Lipinski definition) is 2. The highest BCUT2D eigenvalue weighted by Crippen LogP contribution is 2.25. The van der Waals surface area contributed by atoms with E-state index in [-0.39, 0.29) is 22.0 Å². The first-order chi connectivity index (χ1) is 15.2. The smallest absolute Gasteiger partial charge is 0.307 e. The number of benzene rings is 3. The Morgan fingerprint density at radius 2 is 1.59 bits per heavy atom. The molecule has 0 atom stereocenters. The zero-order valence-corrected chi connectivity index (χ0v) is 17.7. The van der Waals surface area contributed by atoms with E-state index in [4.69, 9.17) is 11.6 Å². The minimum absolute atomic E-state index is 0.0356. The first-order valence-electron chi connectivity index (χ1n) is 8.91. The summed E-state index contributed by atoms with van der Waals surface area (Å²) in [6.45, 7) is 0. The van der Waals surface area contributed by atoms with Gasteiger partial charge in [-0.3, -0.25) is 15.4 Å². The van der Waals surface area contributed by atoms with Crippen LogP contribution in [0.2, 0.25) is 5.02 Å². The SMILES string of the molecule is O=C(NC(=O)N(c1ccc(Cl)cc1)S(=O)(=O)c1ccccc1)Nc1cccc([N+](=O)[O-])c1. The molecule has 0 saturated carbocycles. The van der Waals surface area contributed by atoms with Crippen LogP contribution in [-0.4, -0.2) is 25.4 Å². The average Bonchev–Trinajstić information content (AvgIpc) is 2.76. The van der Waals surface area contributed by atoms with Gasteiger partial charge >= 0.3 is 12.1 Å². The fourth-order valence-electron chi connectivity index (χ4n) is 2.65. The van der Waals surface area contributed by atoms with Crippen LogP contribution in [0.25, 0.3) is 0 Å². The molecule has 0 unspecified atom stereocenters. The Bertz CT molecular complexity index is 1270. The van der Waals surface area contributed by atoms with Crippen molar-refractivity contribution in [2.45, 2.75) is 4.90 Å². The van der Waals surface area contributed by atoms with Gasteiger partial charge in [-0.2, -0.15) is 4.31 Å². The molecule has 0 fully saturated rings. The molecule has 0 aromatic heterocycles. The number of nitrogens with one attached hydrogen (secondary N) is 2. The summed E-state index contributed by atoms with van der Waals surface area (Å²) in [5.74, 6) is 0. The van der Waals surface area contributed by atoms with Crippen molar-refractivity contribution in [2.24, 2.45) is 0 Å². The molecule has 32 heavy (non-hydrogen) atoms. The Labute approximate surface area is 187 Å². The zero-order chi connectivity index (χ0) is 23.3. The molecule has 0 aliphatic rings. The molecule has 2 N–H and O–H groups in total. The lowest BCUT2D eigenvalue weighted by atomic mass is 10.3. The number of amides is 4. The van der Waals surface area contributed by atoms with Crippen molar-refractivity contribution in [2.75, 3.05) is 9.62 Å². The van der Waals surface area contributed by atoms with Gasteiger partial charge in [0.2, 0.25) is 0 Å². The number of nitro benzene ring substituents is 1. The standard InChI is InChI=1S/C20H15ClN4O6S/c21-14-9-11-16(12-10-14)24(32(30,31)18-7-2-1-3-8-18)20(27)23-19(26)22-15-5-4-6-17(13-15)25(28)29/h1-13H,(H2,22,23,26,27). The second kappa shape index (κ2) is 9.45. The number of anilines is 2. The Morgan fingerprint density at radius 3 is 2.22 bits per heavy atom. The van der Waals surface area contributed by atoms with E-state index in [1.54, 1.807) is 6.07 Å². The maximum Gasteiger partial charge on any atom is 0.344 e. The fourth-order valence-corrected chi connectivity index (χ4v) is 4.15. The lowest BCUT2D eigenvalue weighted by Crippen LogP contribution is -2.47. The molecule has 3 rings (SSSR count). The number of urea groups is 2. The minimum Gasteiger partial charge on any atom is -0.307 e. The summed E-state index contributed by atoms with van der Waals surface area (Å²) in [6.07, 6.45) is 0. The third kappa shape index (κ3) is 5.20. The second-order valence-corrected chi connectivity index (χ2v) is 8.47. The van der Waals surface area contributed by atoms with Crippen LogP contribution in [0.5, 0.6) is 0 Å². The highest BCUT2D eigenvalue weighted by molar-refractivity contribution is 7.93. The Morgan fingerprint density at radius 1 is 0.938 bits per heavy atom. The van der Waals surface area contributed by atoms with Crippen LogP contribution in [-0.2, 0) is 10.0 Å². The molecular weight excluding hydrogens is 460 g/mol. The molecule has 10 nitrogen and oxygen atoms in total. The van der Waals surface area contributed by atoms with Gasteiger partial charge < -0.3 is 5.32 Å². The van der Waals surface area contributed by atoms with Gasteiger partial charge in [0, 0.05) is 22.8 Å². The monoisotopic (exact) mass is 474 g/mol. The zero-order valence-electron chi connectivity index (χ0n) is 16.1. The van der Waals surface area contributed by atoms with Crippen molar-refractivity contribution < 1.29 is 22.9 Å². The molecule has 0 bridgehead atoms. The van der Waals surface area contributed by atoms with Gasteiger partial charge in [-0.25, -0.2) is 18.0 Å². The van der Waals surface area contributed by atoms with E-state index in [0.717, 1.165) is 6.07 Å². The molecule has 0 aliphatic carbocycles. The average molecular weight is 475 g/mol. The Kier molecular flexibility index (Phi) is 6.71. The van der Waals surface area contributed by atoms with Crippen molar-refractivity contribution >= 4 is 50.7 Å². The molecule has 0 aliphatic heterocycles. The number of sulfonamides is 1. The first-order valence-corrected chi connectivity index (χ1v) is 10.7. The second-order valence-electron chi connectivity index (χ2n) is 6.25. The molecule has 0 radical (unpaired) electrons. The van der Waals surface area contributed by atoms with E-state index in [1.165, 1.54) is 66.7 Å². The highest BCUT2D eigenvalue weighted by atomic mass is 35.5. The van der Waals surface area contributed by atoms with Crippen LogP contribution in [0.4, 0.5) is 26.7 Å². The first kappa shape index (κ1) is 22.7. The normalized spacial score (nSPS) is 10.8. The summed E-state index contributed by atoms with van der Waals surface area (Å²) >= 11 is 5.86. The minimum atomic E-state index is -4.39. The molecule has 164 valence electrons. The van der Waals surface area contributed by atoms with Crippen LogP contribution in [0, 0.1) is 10.1 Å². The van der Waals surface area contributed by atoms with Crippen molar-refractivity contribution in [3.8, 4) is 0 Å². The van der Waals surface area contributed by atoms with Gasteiger partial charge in [-0.05, 0) is 42.5 Å². The number of halogens is 1. The number of nitro groups is 1. The summed E-state index contributed by atoms with van der Waals surface area (Å²) in [5.41, 5.74) is -0.295. The summed E-state index contributed by atoms with van der Waals surface area (Å²) in [5, 5.41) is 15.4. The van der Waals surface area contributed by atoms with Gasteiger partial charge in [-0.15, -0.1) is 0 Å². The number of carbonyl (C=O) groups is 2. The van der Waals surface area contributed by atoms with E-state index in [0.29, 0.717) is 9.33 Å². The maximum atomic E-state index is 13.1. The lowest BCUT2D eigenvalue weighted by Gasteiger charge is -2.22. The topological polar surface area (TPSA) is 139 Å². The molecule has 3 aromatic carbocycles. The molecule has 4 amide bonds. The van der Waals surface area contributed by atoms with Crippen molar-refractivity contribution in [1.29, 1.82) is 0 Å².